The van der Waals surface area contributed by atoms with Gasteiger partial charge >= 0.3 is 0 Å². The number of ether oxygens (including phenoxy) is 3. The molecule has 0 aliphatic heterocycles. The summed E-state index contributed by atoms with van der Waals surface area (Å²) in [7, 11) is 4.71. The number of halogens is 1. The summed E-state index contributed by atoms with van der Waals surface area (Å²) in [6, 6.07) is 13.0. The molecule has 0 bridgehead atoms. The number of thiophene rings is 1. The van der Waals surface area contributed by atoms with Gasteiger partial charge in [0.05, 0.1) is 27.4 Å². The molecule has 37 heavy (non-hydrogen) atoms. The Kier molecular flexibility index (Phi) is 10.5. The maximum absolute atomic E-state index is 13.6. The Morgan fingerprint density at radius 3 is 2.27 bits per heavy atom. The molecule has 2 amide bonds. The third-order valence-corrected chi connectivity index (χ3v) is 7.05. The number of hydrogen-bond donors (Lipinski definition) is 0. The van der Waals surface area contributed by atoms with Gasteiger partial charge in [0.15, 0.2) is 11.5 Å². The molecule has 0 aliphatic carbocycles. The molecule has 0 unspecified atom stereocenters. The van der Waals surface area contributed by atoms with Crippen molar-refractivity contribution >= 4 is 23.2 Å². The second-order valence-electron chi connectivity index (χ2n) is 8.51. The summed E-state index contributed by atoms with van der Waals surface area (Å²) >= 11 is 1.60. The number of aryl methyl sites for hydroxylation is 1. The summed E-state index contributed by atoms with van der Waals surface area (Å²) in [5.41, 5.74) is 2.43. The van der Waals surface area contributed by atoms with E-state index in [2.05, 4.69) is 0 Å². The van der Waals surface area contributed by atoms with Crippen LogP contribution in [0.4, 0.5) is 4.39 Å². The van der Waals surface area contributed by atoms with Crippen LogP contribution >= 0.6 is 11.3 Å². The summed E-state index contributed by atoms with van der Waals surface area (Å²) in [4.78, 5) is 31.0. The van der Waals surface area contributed by atoms with E-state index in [9.17, 15) is 14.0 Å². The van der Waals surface area contributed by atoms with E-state index in [1.807, 2.05) is 36.6 Å². The summed E-state index contributed by atoms with van der Waals surface area (Å²) in [5, 5.41) is 2.00. The summed E-state index contributed by atoms with van der Waals surface area (Å²) in [5.74, 6) is 0.310. The van der Waals surface area contributed by atoms with Gasteiger partial charge in [-0.25, -0.2) is 4.39 Å². The van der Waals surface area contributed by atoms with Crippen LogP contribution in [0.5, 0.6) is 11.5 Å². The average molecular weight is 529 g/mol. The largest absolute Gasteiger partial charge is 0.493 e. The number of nitrogens with zero attached hydrogens (tertiary/aromatic N) is 2. The first-order valence-electron chi connectivity index (χ1n) is 11.9. The number of amides is 2. The van der Waals surface area contributed by atoms with E-state index in [0.29, 0.717) is 36.6 Å². The fraction of sp³-hybridized carbons (Fsp3) is 0.357. The molecular weight excluding hydrogens is 495 g/mol. The highest BCUT2D eigenvalue weighted by molar-refractivity contribution is 7.10. The van der Waals surface area contributed by atoms with Gasteiger partial charge in [0.25, 0.3) is 5.91 Å². The minimum Gasteiger partial charge on any atom is -0.493 e. The highest BCUT2D eigenvalue weighted by Gasteiger charge is 2.23. The van der Waals surface area contributed by atoms with Crippen LogP contribution in [0.3, 0.4) is 0 Å². The number of rotatable bonds is 13. The zero-order chi connectivity index (χ0) is 26.8. The van der Waals surface area contributed by atoms with Crippen LogP contribution in [0.1, 0.15) is 26.4 Å². The number of hydrogen-bond acceptors (Lipinski definition) is 6. The Labute approximate surface area is 221 Å². The molecule has 7 nitrogen and oxygen atoms in total. The first-order valence-corrected chi connectivity index (χ1v) is 12.8. The third-order valence-electron chi connectivity index (χ3n) is 6.04. The van der Waals surface area contributed by atoms with Gasteiger partial charge in [-0.2, -0.15) is 0 Å². The molecule has 3 aromatic rings. The molecule has 2 aromatic carbocycles. The topological polar surface area (TPSA) is 68.3 Å². The molecule has 3 rings (SSSR count). The predicted molar refractivity (Wildman–Crippen MR) is 142 cm³/mol. The second-order valence-corrected chi connectivity index (χ2v) is 9.51. The number of methoxy groups -OCH3 is 3. The van der Waals surface area contributed by atoms with E-state index in [-0.39, 0.29) is 31.5 Å². The van der Waals surface area contributed by atoms with Gasteiger partial charge in [0.1, 0.15) is 12.4 Å². The zero-order valence-corrected chi connectivity index (χ0v) is 22.5. The minimum absolute atomic E-state index is 0.115. The van der Waals surface area contributed by atoms with Gasteiger partial charge in [-0.15, -0.1) is 11.3 Å². The van der Waals surface area contributed by atoms with Crippen LogP contribution in [0, 0.1) is 12.7 Å². The predicted octanol–water partition coefficient (Wildman–Crippen LogP) is 4.57. The van der Waals surface area contributed by atoms with Crippen LogP contribution in [-0.4, -0.2) is 69.2 Å². The van der Waals surface area contributed by atoms with Crippen molar-refractivity contribution in [2.24, 2.45) is 0 Å². The zero-order valence-electron chi connectivity index (χ0n) is 21.7. The Hall–Kier alpha value is -3.43. The lowest BCUT2D eigenvalue weighted by Gasteiger charge is -2.28. The Morgan fingerprint density at radius 2 is 1.65 bits per heavy atom. The van der Waals surface area contributed by atoms with Crippen LogP contribution < -0.4 is 9.47 Å². The van der Waals surface area contributed by atoms with Crippen molar-refractivity contribution in [3.63, 3.8) is 0 Å². The van der Waals surface area contributed by atoms with Gasteiger partial charge < -0.3 is 24.0 Å². The van der Waals surface area contributed by atoms with Gasteiger partial charge in [-0.05, 0) is 72.3 Å². The van der Waals surface area contributed by atoms with E-state index < -0.39 is 5.82 Å². The minimum atomic E-state index is -0.427. The Balaban J connectivity index is 1.79. The fourth-order valence-corrected chi connectivity index (χ4v) is 4.74. The maximum Gasteiger partial charge on any atom is 0.254 e. The molecule has 0 N–H and O–H groups in total. The molecule has 9 heteroatoms. The monoisotopic (exact) mass is 528 g/mol. The molecule has 0 spiro atoms. The summed E-state index contributed by atoms with van der Waals surface area (Å²) < 4.78 is 29.3. The highest BCUT2D eigenvalue weighted by Crippen LogP contribution is 2.28. The first kappa shape index (κ1) is 28.1. The molecule has 198 valence electrons. The van der Waals surface area contributed by atoms with Gasteiger partial charge in [-0.1, -0.05) is 6.07 Å². The van der Waals surface area contributed by atoms with Gasteiger partial charge in [0.2, 0.25) is 5.91 Å². The van der Waals surface area contributed by atoms with Crippen LogP contribution in [-0.2, 0) is 22.5 Å². The maximum atomic E-state index is 13.6. The van der Waals surface area contributed by atoms with Gasteiger partial charge in [-0.3, -0.25) is 9.59 Å². The lowest BCUT2D eigenvalue weighted by atomic mass is 10.1. The third kappa shape index (κ3) is 7.77. The van der Waals surface area contributed by atoms with Gasteiger partial charge in [0, 0.05) is 30.6 Å². The quantitative estimate of drug-likeness (QED) is 0.325. The Morgan fingerprint density at radius 1 is 0.919 bits per heavy atom. The molecule has 0 fully saturated rings. The Bertz CT molecular complexity index is 1180. The van der Waals surface area contributed by atoms with E-state index in [4.69, 9.17) is 14.2 Å². The number of carbonyl (C=O) groups excluding carboxylic acids is 2. The highest BCUT2D eigenvalue weighted by atomic mass is 32.1. The second kappa shape index (κ2) is 13.8. The van der Waals surface area contributed by atoms with E-state index in [1.165, 1.54) is 36.3 Å². The average Bonchev–Trinajstić information content (AvgIpc) is 3.32. The van der Waals surface area contributed by atoms with E-state index >= 15 is 0 Å². The molecule has 0 radical (unpaired) electrons. The van der Waals surface area contributed by atoms with Crippen molar-refractivity contribution < 1.29 is 28.2 Å². The standard InChI is InChI=1S/C28H33FN2O5S/c1-20-12-16-37-26(20)18-30(13-11-21-5-10-24(35-3)25(17-21)36-4)27(32)19-31(14-15-34-2)28(33)22-6-8-23(29)9-7-22/h5-10,12,16-17H,11,13-15,18-19H2,1-4H3. The lowest BCUT2D eigenvalue weighted by molar-refractivity contribution is -0.132. The van der Waals surface area contributed by atoms with Crippen LogP contribution in [0.25, 0.3) is 0 Å². The molecule has 1 heterocycles. The molecule has 0 saturated carbocycles. The van der Waals surface area contributed by atoms with Crippen molar-refractivity contribution in [3.8, 4) is 11.5 Å². The normalized spacial score (nSPS) is 10.7. The summed E-state index contributed by atoms with van der Waals surface area (Å²) in [6.45, 7) is 3.31. The molecular formula is C28H33FN2O5S. The molecule has 0 saturated heterocycles. The van der Waals surface area contributed by atoms with Crippen molar-refractivity contribution in [2.75, 3.05) is 47.6 Å². The van der Waals surface area contributed by atoms with Crippen LogP contribution in [0.2, 0.25) is 0 Å². The van der Waals surface area contributed by atoms with Crippen molar-refractivity contribution in [3.05, 3.63) is 81.3 Å². The lowest BCUT2D eigenvalue weighted by Crippen LogP contribution is -2.44. The summed E-state index contributed by atoms with van der Waals surface area (Å²) in [6.07, 6.45) is 0.598. The van der Waals surface area contributed by atoms with E-state index in [0.717, 1.165) is 16.0 Å². The van der Waals surface area contributed by atoms with E-state index in [1.54, 1.807) is 30.5 Å². The first-order chi connectivity index (χ1) is 17.9. The van der Waals surface area contributed by atoms with Crippen molar-refractivity contribution in [2.45, 2.75) is 19.9 Å². The van der Waals surface area contributed by atoms with Crippen LogP contribution in [0.15, 0.2) is 53.9 Å². The molecule has 0 aliphatic rings. The number of benzene rings is 2. The molecule has 1 aromatic heterocycles. The van der Waals surface area contributed by atoms with Crippen molar-refractivity contribution in [1.29, 1.82) is 0 Å². The number of carbonyl (C=O) groups is 2. The van der Waals surface area contributed by atoms with Crippen molar-refractivity contribution in [1.82, 2.24) is 9.80 Å². The smallest absolute Gasteiger partial charge is 0.254 e. The SMILES string of the molecule is COCCN(CC(=O)N(CCc1ccc(OC)c(OC)c1)Cc1sccc1C)C(=O)c1ccc(F)cc1. The fourth-order valence-electron chi connectivity index (χ4n) is 3.82. The molecule has 0 atom stereocenters.